The lowest BCUT2D eigenvalue weighted by molar-refractivity contribution is -0.122. The van der Waals surface area contributed by atoms with Gasteiger partial charge in [0.05, 0.1) is 5.69 Å². The summed E-state index contributed by atoms with van der Waals surface area (Å²) < 4.78 is 0. The van der Waals surface area contributed by atoms with Gasteiger partial charge in [-0.05, 0) is 60.3 Å². The van der Waals surface area contributed by atoms with Crippen molar-refractivity contribution < 1.29 is 9.59 Å². The monoisotopic (exact) mass is 455 g/mol. The van der Waals surface area contributed by atoms with Gasteiger partial charge in [-0.25, -0.2) is 0 Å². The molecule has 5 nitrogen and oxygen atoms in total. The van der Waals surface area contributed by atoms with Crippen LogP contribution in [-0.4, -0.2) is 30.0 Å². The summed E-state index contributed by atoms with van der Waals surface area (Å²) >= 11 is 5.38. The molecule has 2 heterocycles. The molecule has 2 aliphatic heterocycles. The molecule has 0 atom stereocenters. The molecule has 0 saturated carbocycles. The van der Waals surface area contributed by atoms with Gasteiger partial charge in [-0.2, -0.15) is 0 Å². The lowest BCUT2D eigenvalue weighted by Crippen LogP contribution is -2.54. The molecule has 0 aliphatic carbocycles. The summed E-state index contributed by atoms with van der Waals surface area (Å²) in [6.07, 6.45) is 6.64. The van der Waals surface area contributed by atoms with Crippen LogP contribution in [-0.2, 0) is 9.59 Å². The first kappa shape index (κ1) is 21.3. The number of nitrogens with one attached hydrogen (secondary N) is 1. The number of nitrogens with zero attached hydrogens (tertiary/aromatic N) is 2. The van der Waals surface area contributed by atoms with Crippen molar-refractivity contribution in [2.24, 2.45) is 0 Å². The lowest BCUT2D eigenvalue weighted by Gasteiger charge is -2.29. The molecule has 2 fully saturated rings. The van der Waals surface area contributed by atoms with E-state index in [-0.39, 0.29) is 10.7 Å². The van der Waals surface area contributed by atoms with Crippen molar-refractivity contribution in [3.63, 3.8) is 0 Å². The van der Waals surface area contributed by atoms with E-state index in [4.69, 9.17) is 12.2 Å². The molecule has 166 valence electrons. The molecule has 0 bridgehead atoms. The minimum atomic E-state index is -0.474. The van der Waals surface area contributed by atoms with E-state index in [0.717, 1.165) is 29.4 Å². The highest BCUT2D eigenvalue weighted by Crippen LogP contribution is 2.30. The van der Waals surface area contributed by atoms with Gasteiger partial charge in [0.15, 0.2) is 5.11 Å². The Morgan fingerprint density at radius 1 is 0.818 bits per heavy atom. The molecule has 2 aliphatic rings. The first-order valence-electron chi connectivity index (χ1n) is 11.4. The Labute approximate surface area is 198 Å². The predicted molar refractivity (Wildman–Crippen MR) is 137 cm³/mol. The van der Waals surface area contributed by atoms with E-state index in [9.17, 15) is 9.59 Å². The summed E-state index contributed by atoms with van der Waals surface area (Å²) in [5, 5.41) is 4.67. The smallest absolute Gasteiger partial charge is 0.270 e. The van der Waals surface area contributed by atoms with Crippen LogP contribution in [0.25, 0.3) is 16.8 Å². The Kier molecular flexibility index (Phi) is 5.92. The molecule has 3 aromatic carbocycles. The van der Waals surface area contributed by atoms with Gasteiger partial charge in [-0.1, -0.05) is 61.4 Å². The normalized spacial score (nSPS) is 18.5. The first-order chi connectivity index (χ1) is 16.1. The molecule has 2 saturated heterocycles. The summed E-state index contributed by atoms with van der Waals surface area (Å²) in [6, 6.07) is 21.6. The molecule has 0 aromatic heterocycles. The SMILES string of the molecule is O=C1NC(=S)N(c2cccc3ccccc23)C(=O)C1=Cc1ccc(N2CCCCCC2)cc1. The highest BCUT2D eigenvalue weighted by molar-refractivity contribution is 7.80. The number of thiocarbonyl (C=S) groups is 1. The van der Waals surface area contributed by atoms with Crippen LogP contribution >= 0.6 is 12.2 Å². The quantitative estimate of drug-likeness (QED) is 0.341. The van der Waals surface area contributed by atoms with E-state index < -0.39 is 11.8 Å². The minimum Gasteiger partial charge on any atom is -0.372 e. The van der Waals surface area contributed by atoms with E-state index >= 15 is 0 Å². The van der Waals surface area contributed by atoms with E-state index in [1.165, 1.54) is 36.3 Å². The number of hydrogen-bond acceptors (Lipinski definition) is 4. The molecule has 1 N–H and O–H groups in total. The molecule has 0 unspecified atom stereocenters. The van der Waals surface area contributed by atoms with Crippen LogP contribution in [0.4, 0.5) is 11.4 Å². The van der Waals surface area contributed by atoms with Crippen molar-refractivity contribution >= 4 is 57.4 Å². The largest absolute Gasteiger partial charge is 0.372 e. The fraction of sp³-hybridized carbons (Fsp3) is 0.222. The number of rotatable bonds is 3. The second kappa shape index (κ2) is 9.16. The zero-order valence-electron chi connectivity index (χ0n) is 18.3. The highest BCUT2D eigenvalue weighted by atomic mass is 32.1. The Morgan fingerprint density at radius 2 is 1.52 bits per heavy atom. The second-order valence-corrected chi connectivity index (χ2v) is 8.84. The van der Waals surface area contributed by atoms with Crippen molar-refractivity contribution in [2.45, 2.75) is 25.7 Å². The average Bonchev–Trinajstić information content (AvgIpc) is 3.12. The molecule has 3 aromatic rings. The fourth-order valence-corrected chi connectivity index (χ4v) is 4.83. The molecule has 0 radical (unpaired) electrons. The van der Waals surface area contributed by atoms with Crippen molar-refractivity contribution in [3.8, 4) is 0 Å². The first-order valence-corrected chi connectivity index (χ1v) is 11.8. The zero-order valence-corrected chi connectivity index (χ0v) is 19.1. The summed E-state index contributed by atoms with van der Waals surface area (Å²) in [7, 11) is 0. The highest BCUT2D eigenvalue weighted by Gasteiger charge is 2.35. The van der Waals surface area contributed by atoms with Crippen LogP contribution in [0.3, 0.4) is 0 Å². The molecule has 2 amide bonds. The second-order valence-electron chi connectivity index (χ2n) is 8.45. The van der Waals surface area contributed by atoms with Gasteiger partial charge in [0, 0.05) is 24.2 Å². The van der Waals surface area contributed by atoms with Crippen LogP contribution in [0.15, 0.2) is 72.3 Å². The molecule has 33 heavy (non-hydrogen) atoms. The Balaban J connectivity index is 1.46. The third kappa shape index (κ3) is 4.26. The van der Waals surface area contributed by atoms with Crippen molar-refractivity contribution in [1.82, 2.24) is 5.32 Å². The van der Waals surface area contributed by atoms with Crippen LogP contribution in [0.1, 0.15) is 31.2 Å². The number of fused-ring (bicyclic) bond motifs is 1. The maximum absolute atomic E-state index is 13.4. The van der Waals surface area contributed by atoms with Gasteiger partial charge in [-0.15, -0.1) is 0 Å². The third-order valence-corrected chi connectivity index (χ3v) is 6.57. The average molecular weight is 456 g/mol. The van der Waals surface area contributed by atoms with Gasteiger partial charge in [0.1, 0.15) is 5.57 Å². The standard InChI is InChI=1S/C27H25N3O2S/c31-25-23(18-19-12-14-21(15-13-19)29-16-5-1-2-6-17-29)26(32)30(27(33)28-25)24-11-7-9-20-8-3-4-10-22(20)24/h3-4,7-15,18H,1-2,5-6,16-17H2,(H,28,31,33). The fourth-order valence-electron chi connectivity index (χ4n) is 4.56. The van der Waals surface area contributed by atoms with Crippen molar-refractivity contribution in [3.05, 3.63) is 77.9 Å². The van der Waals surface area contributed by atoms with Crippen molar-refractivity contribution in [1.29, 1.82) is 0 Å². The predicted octanol–water partition coefficient (Wildman–Crippen LogP) is 5.05. The topological polar surface area (TPSA) is 52.7 Å². The van der Waals surface area contributed by atoms with Crippen molar-refractivity contribution in [2.75, 3.05) is 22.9 Å². The van der Waals surface area contributed by atoms with Gasteiger partial charge < -0.3 is 4.90 Å². The van der Waals surface area contributed by atoms with Crippen LogP contribution < -0.4 is 15.1 Å². The zero-order chi connectivity index (χ0) is 22.8. The number of anilines is 2. The van der Waals surface area contributed by atoms with E-state index in [0.29, 0.717) is 5.69 Å². The van der Waals surface area contributed by atoms with Gasteiger partial charge in [0.2, 0.25) is 0 Å². The van der Waals surface area contributed by atoms with Gasteiger partial charge in [0.25, 0.3) is 11.8 Å². The molecule has 0 spiro atoms. The maximum atomic E-state index is 13.4. The Bertz CT molecular complexity index is 1250. The number of amides is 2. The number of benzene rings is 3. The summed E-state index contributed by atoms with van der Waals surface area (Å²) in [6.45, 7) is 2.14. The van der Waals surface area contributed by atoms with Crippen LogP contribution in [0.2, 0.25) is 0 Å². The molecule has 5 rings (SSSR count). The summed E-state index contributed by atoms with van der Waals surface area (Å²) in [5.74, 6) is -0.894. The van der Waals surface area contributed by atoms with Gasteiger partial charge >= 0.3 is 0 Å². The maximum Gasteiger partial charge on any atom is 0.270 e. The Hall–Kier alpha value is -3.51. The molecular weight excluding hydrogens is 430 g/mol. The van der Waals surface area contributed by atoms with Crippen LogP contribution in [0.5, 0.6) is 0 Å². The van der Waals surface area contributed by atoms with E-state index in [2.05, 4.69) is 22.3 Å². The number of hydrogen-bond donors (Lipinski definition) is 1. The summed E-state index contributed by atoms with van der Waals surface area (Å²) in [5.41, 5.74) is 2.71. The molecular formula is C27H25N3O2S. The number of carbonyl (C=O) groups is 2. The lowest BCUT2D eigenvalue weighted by atomic mass is 10.0. The van der Waals surface area contributed by atoms with Gasteiger partial charge in [-0.3, -0.25) is 19.8 Å². The van der Waals surface area contributed by atoms with Crippen LogP contribution in [0, 0.1) is 0 Å². The Morgan fingerprint density at radius 3 is 2.27 bits per heavy atom. The minimum absolute atomic E-state index is 0.0686. The third-order valence-electron chi connectivity index (χ3n) is 6.28. The molecule has 6 heteroatoms. The number of carbonyl (C=O) groups excluding carboxylic acids is 2. The van der Waals surface area contributed by atoms with E-state index in [1.807, 2.05) is 54.6 Å². The summed E-state index contributed by atoms with van der Waals surface area (Å²) in [4.78, 5) is 30.0. The van der Waals surface area contributed by atoms with E-state index in [1.54, 1.807) is 6.08 Å².